The molecule has 0 radical (unpaired) electrons. The van der Waals surface area contributed by atoms with Crippen molar-refractivity contribution in [3.05, 3.63) is 52.1 Å². The lowest BCUT2D eigenvalue weighted by Gasteiger charge is -2.12. The standard InChI is InChI=1S/C19H16F3N3O3S.C2H4O2/c20-19(21,22)14-3-12(4-15(5-14)28-9-11-1-2-11)16-10-29-17(24-16)8-25-7-13(6-23-25)18(26)27;1-2(3)4/h3-7,10-11H,1-2,8-9H2,(H,26,27);1H3,(H,3,4). The zero-order valence-corrected chi connectivity index (χ0v) is 18.2. The minimum atomic E-state index is -4.49. The van der Waals surface area contributed by atoms with Crippen LogP contribution in [0.25, 0.3) is 11.3 Å². The predicted octanol–water partition coefficient (Wildman–Crippen LogP) is 4.65. The highest BCUT2D eigenvalue weighted by molar-refractivity contribution is 7.09. The van der Waals surface area contributed by atoms with Crippen LogP contribution >= 0.6 is 11.3 Å². The molecule has 0 aliphatic heterocycles. The molecule has 2 N–H and O–H groups in total. The Morgan fingerprint density at radius 2 is 1.94 bits per heavy atom. The summed E-state index contributed by atoms with van der Waals surface area (Å²) in [5.74, 6) is -1.32. The van der Waals surface area contributed by atoms with Crippen LogP contribution in [0.4, 0.5) is 13.2 Å². The van der Waals surface area contributed by atoms with Crippen molar-refractivity contribution in [3.63, 3.8) is 0 Å². The maximum Gasteiger partial charge on any atom is 0.416 e. The Hall–Kier alpha value is -3.41. The highest BCUT2D eigenvalue weighted by Crippen LogP contribution is 2.37. The molecular weight excluding hydrogens is 463 g/mol. The minimum absolute atomic E-state index is 0.0529. The van der Waals surface area contributed by atoms with Crippen LogP contribution in [0.3, 0.4) is 0 Å². The highest BCUT2D eigenvalue weighted by atomic mass is 32.1. The molecule has 0 bridgehead atoms. The number of alkyl halides is 3. The van der Waals surface area contributed by atoms with Crippen LogP contribution in [0, 0.1) is 5.92 Å². The van der Waals surface area contributed by atoms with E-state index < -0.39 is 23.7 Å². The van der Waals surface area contributed by atoms with E-state index in [1.54, 1.807) is 11.4 Å². The molecule has 33 heavy (non-hydrogen) atoms. The van der Waals surface area contributed by atoms with E-state index >= 15 is 0 Å². The number of hydrogen-bond donors (Lipinski definition) is 2. The molecule has 4 rings (SSSR count). The summed E-state index contributed by atoms with van der Waals surface area (Å²) < 4.78 is 46.9. The van der Waals surface area contributed by atoms with Gasteiger partial charge in [-0.2, -0.15) is 18.3 Å². The molecule has 0 amide bonds. The Morgan fingerprint density at radius 1 is 1.24 bits per heavy atom. The number of aliphatic carboxylic acids is 1. The molecule has 1 aliphatic rings. The number of hydrogen-bond acceptors (Lipinski definition) is 6. The van der Waals surface area contributed by atoms with Crippen molar-refractivity contribution in [2.75, 3.05) is 6.61 Å². The number of thiazole rings is 1. The van der Waals surface area contributed by atoms with E-state index in [1.165, 1.54) is 28.4 Å². The second-order valence-corrected chi connectivity index (χ2v) is 8.32. The van der Waals surface area contributed by atoms with Crippen molar-refractivity contribution in [2.45, 2.75) is 32.5 Å². The number of halogens is 3. The monoisotopic (exact) mass is 483 g/mol. The topological polar surface area (TPSA) is 115 Å². The fourth-order valence-corrected chi connectivity index (χ4v) is 3.50. The first kappa shape index (κ1) is 24.2. The number of rotatable bonds is 7. The van der Waals surface area contributed by atoms with Crippen molar-refractivity contribution < 1.29 is 37.7 Å². The number of aromatic nitrogens is 3. The normalized spacial score (nSPS) is 13.2. The first-order valence-corrected chi connectivity index (χ1v) is 10.6. The van der Waals surface area contributed by atoms with Crippen LogP contribution in [-0.4, -0.2) is 43.5 Å². The highest BCUT2D eigenvalue weighted by Gasteiger charge is 2.32. The van der Waals surface area contributed by atoms with Gasteiger partial charge in [0.05, 0.1) is 36.2 Å². The average Bonchev–Trinajstić information content (AvgIpc) is 3.23. The lowest BCUT2D eigenvalue weighted by Crippen LogP contribution is -2.07. The van der Waals surface area contributed by atoms with Gasteiger partial charge in [-0.1, -0.05) is 0 Å². The van der Waals surface area contributed by atoms with Gasteiger partial charge >= 0.3 is 12.1 Å². The third-order valence-corrected chi connectivity index (χ3v) is 5.28. The summed E-state index contributed by atoms with van der Waals surface area (Å²) >= 11 is 1.26. The van der Waals surface area contributed by atoms with Gasteiger partial charge in [-0.25, -0.2) is 9.78 Å². The first-order chi connectivity index (χ1) is 15.5. The van der Waals surface area contributed by atoms with Crippen LogP contribution in [0.15, 0.2) is 36.0 Å². The van der Waals surface area contributed by atoms with Crippen molar-refractivity contribution in [2.24, 2.45) is 5.92 Å². The third-order valence-electron chi connectivity index (χ3n) is 4.44. The van der Waals surface area contributed by atoms with Gasteiger partial charge in [0.15, 0.2) is 0 Å². The van der Waals surface area contributed by atoms with E-state index in [9.17, 15) is 18.0 Å². The molecule has 0 atom stereocenters. The Labute approximate surface area is 190 Å². The molecule has 3 aromatic rings. The molecule has 0 unspecified atom stereocenters. The molecular formula is C21H20F3N3O5S. The van der Waals surface area contributed by atoms with Gasteiger partial charge in [-0.05, 0) is 37.0 Å². The van der Waals surface area contributed by atoms with Crippen molar-refractivity contribution in [3.8, 4) is 17.0 Å². The maximum absolute atomic E-state index is 13.3. The molecule has 1 saturated carbocycles. The molecule has 176 valence electrons. The zero-order chi connectivity index (χ0) is 24.2. The zero-order valence-electron chi connectivity index (χ0n) is 17.4. The molecule has 0 spiro atoms. The Balaban J connectivity index is 0.000000709. The molecule has 0 saturated heterocycles. The lowest BCUT2D eigenvalue weighted by atomic mass is 10.1. The second kappa shape index (κ2) is 10.0. The average molecular weight is 483 g/mol. The molecule has 2 heterocycles. The lowest BCUT2D eigenvalue weighted by molar-refractivity contribution is -0.137. The van der Waals surface area contributed by atoms with Gasteiger partial charge in [-0.3, -0.25) is 9.48 Å². The van der Waals surface area contributed by atoms with E-state index in [1.807, 2.05) is 0 Å². The van der Waals surface area contributed by atoms with Crippen LogP contribution in [0.5, 0.6) is 5.75 Å². The molecule has 1 fully saturated rings. The van der Waals surface area contributed by atoms with Crippen molar-refractivity contribution >= 4 is 23.3 Å². The Bertz CT molecular complexity index is 1130. The van der Waals surface area contributed by atoms with Crippen LogP contribution in [-0.2, 0) is 17.5 Å². The predicted molar refractivity (Wildman–Crippen MR) is 112 cm³/mol. The van der Waals surface area contributed by atoms with E-state index in [-0.39, 0.29) is 17.9 Å². The molecule has 12 heteroatoms. The first-order valence-electron chi connectivity index (χ1n) is 9.76. The molecule has 8 nitrogen and oxygen atoms in total. The number of carboxylic acids is 2. The molecule has 1 aliphatic carbocycles. The number of aromatic carboxylic acids is 1. The van der Waals surface area contributed by atoms with E-state index in [0.717, 1.165) is 31.9 Å². The number of nitrogens with zero attached hydrogens (tertiary/aromatic N) is 3. The van der Waals surface area contributed by atoms with Gasteiger partial charge in [-0.15, -0.1) is 11.3 Å². The maximum atomic E-state index is 13.3. The summed E-state index contributed by atoms with van der Waals surface area (Å²) in [6.07, 6.45) is 0.191. The van der Waals surface area contributed by atoms with Crippen molar-refractivity contribution in [1.82, 2.24) is 14.8 Å². The van der Waals surface area contributed by atoms with Gasteiger partial charge in [0, 0.05) is 24.1 Å². The van der Waals surface area contributed by atoms with E-state index in [2.05, 4.69) is 10.1 Å². The SMILES string of the molecule is CC(=O)O.O=C(O)c1cnn(Cc2nc(-c3cc(OCC4CC4)cc(C(F)(F)F)c3)cs2)c1. The third kappa shape index (κ3) is 7.31. The molecule has 2 aromatic heterocycles. The smallest absolute Gasteiger partial charge is 0.416 e. The van der Waals surface area contributed by atoms with E-state index in [0.29, 0.717) is 28.8 Å². The van der Waals surface area contributed by atoms with E-state index in [4.69, 9.17) is 19.7 Å². The summed E-state index contributed by atoms with van der Waals surface area (Å²) in [5.41, 5.74) is -0.0107. The van der Waals surface area contributed by atoms with Gasteiger partial charge in [0.2, 0.25) is 0 Å². The van der Waals surface area contributed by atoms with Gasteiger partial charge in [0.1, 0.15) is 10.8 Å². The number of carbonyl (C=O) groups is 2. The van der Waals surface area contributed by atoms with Gasteiger partial charge in [0.25, 0.3) is 5.97 Å². The van der Waals surface area contributed by atoms with Crippen LogP contribution in [0.1, 0.15) is 40.7 Å². The second-order valence-electron chi connectivity index (χ2n) is 7.38. The van der Waals surface area contributed by atoms with Gasteiger partial charge < -0.3 is 14.9 Å². The molecule has 1 aromatic carbocycles. The summed E-state index contributed by atoms with van der Waals surface area (Å²) in [7, 11) is 0. The van der Waals surface area contributed by atoms with Crippen molar-refractivity contribution in [1.29, 1.82) is 0 Å². The fourth-order valence-electron chi connectivity index (χ4n) is 2.71. The summed E-state index contributed by atoms with van der Waals surface area (Å²) in [6.45, 7) is 1.72. The minimum Gasteiger partial charge on any atom is -0.493 e. The number of carboxylic acid groups (broad SMARTS) is 2. The van der Waals surface area contributed by atoms with Crippen LogP contribution in [0.2, 0.25) is 0 Å². The van der Waals surface area contributed by atoms with Crippen LogP contribution < -0.4 is 4.74 Å². The largest absolute Gasteiger partial charge is 0.493 e. The summed E-state index contributed by atoms with van der Waals surface area (Å²) in [4.78, 5) is 24.3. The number of ether oxygens (including phenoxy) is 1. The Morgan fingerprint density at radius 3 is 2.52 bits per heavy atom. The summed E-state index contributed by atoms with van der Waals surface area (Å²) in [5, 5.41) is 22.6. The Kier molecular flexibility index (Phi) is 7.36. The number of benzene rings is 1. The fraction of sp³-hybridized carbons (Fsp3) is 0.333. The summed E-state index contributed by atoms with van der Waals surface area (Å²) in [6, 6.07) is 3.63. The quantitative estimate of drug-likeness (QED) is 0.503.